The van der Waals surface area contributed by atoms with Gasteiger partial charge in [0.15, 0.2) is 30.7 Å². The van der Waals surface area contributed by atoms with Gasteiger partial charge in [-0.3, -0.25) is 38.4 Å². The highest BCUT2D eigenvalue weighted by atomic mass is 16.8. The SMILES string of the molecule is CC(=O)OCC1O[C@@H](OC(C)=O)C(OC(C)=O)[C@@H](OC(C)=O)[C@@H]1O[C@@H]1OC(COC(C)=O)[C@H](OC(C)=O)[C@H](OC(C)=O)C1OC(C)=O. The van der Waals surface area contributed by atoms with Crippen LogP contribution in [0.5, 0.6) is 0 Å². The van der Waals surface area contributed by atoms with E-state index in [4.69, 9.17) is 52.1 Å². The molecule has 2 aliphatic heterocycles. The molecule has 2 aliphatic rings. The molecule has 2 heterocycles. The molecule has 0 aromatic carbocycles. The van der Waals surface area contributed by atoms with Gasteiger partial charge in [-0.05, 0) is 0 Å². The maximum atomic E-state index is 12.3. The summed E-state index contributed by atoms with van der Waals surface area (Å²) < 4.78 is 60.2. The minimum Gasteiger partial charge on any atom is -0.463 e. The predicted molar refractivity (Wildman–Crippen MR) is 145 cm³/mol. The van der Waals surface area contributed by atoms with Gasteiger partial charge in [-0.2, -0.15) is 0 Å². The van der Waals surface area contributed by atoms with Gasteiger partial charge in [0.2, 0.25) is 12.4 Å². The lowest BCUT2D eigenvalue weighted by Crippen LogP contribution is -2.67. The molecule has 4 unspecified atom stereocenters. The van der Waals surface area contributed by atoms with Crippen LogP contribution in [0.3, 0.4) is 0 Å². The Balaban J connectivity index is 2.73. The van der Waals surface area contributed by atoms with E-state index in [0.29, 0.717) is 0 Å². The zero-order chi connectivity index (χ0) is 35.6. The fourth-order valence-electron chi connectivity index (χ4n) is 4.73. The van der Waals surface area contributed by atoms with Crippen molar-refractivity contribution >= 4 is 47.8 Å². The molecule has 0 saturated carbocycles. The van der Waals surface area contributed by atoms with E-state index in [1.165, 1.54) is 0 Å². The summed E-state index contributed by atoms with van der Waals surface area (Å²) >= 11 is 0. The zero-order valence-corrected chi connectivity index (χ0v) is 26.9. The highest BCUT2D eigenvalue weighted by Gasteiger charge is 2.58. The number of carbonyl (C=O) groups is 8. The minimum atomic E-state index is -1.83. The second kappa shape index (κ2) is 17.5. The molecule has 0 aliphatic carbocycles. The first-order chi connectivity index (χ1) is 21.9. The summed E-state index contributed by atoms with van der Waals surface area (Å²) in [5.41, 5.74) is 0. The van der Waals surface area contributed by atoms with E-state index in [1.54, 1.807) is 0 Å². The molecule has 19 nitrogen and oxygen atoms in total. The smallest absolute Gasteiger partial charge is 0.305 e. The summed E-state index contributed by atoms with van der Waals surface area (Å²) in [6.07, 6.45) is -16.3. The standard InChI is InChI=1S/C28H38O19/c1-11(29)37-9-19-21(39-13(3)31)23(40-14(4)32)26(43-17(7)35)28(46-19)47-22-20(10-38-12(2)30)45-27(44-18(8)36)25(42-16(6)34)24(22)41-15(5)33/h19-28H,9-10H2,1-8H3/t19?,20?,21-,22+,23-,24-,25?,26?,27+,28-/m0/s1. The van der Waals surface area contributed by atoms with Crippen LogP contribution >= 0.6 is 0 Å². The van der Waals surface area contributed by atoms with E-state index in [1.807, 2.05) is 0 Å². The lowest BCUT2D eigenvalue weighted by molar-refractivity contribution is -0.357. The Morgan fingerprint density at radius 1 is 0.383 bits per heavy atom. The third kappa shape index (κ3) is 12.1. The van der Waals surface area contributed by atoms with Gasteiger partial charge in [-0.25, -0.2) is 0 Å². The predicted octanol–water partition coefficient (Wildman–Crippen LogP) is -0.831. The van der Waals surface area contributed by atoms with Crippen LogP contribution in [0.15, 0.2) is 0 Å². The van der Waals surface area contributed by atoms with Crippen molar-refractivity contribution in [2.45, 2.75) is 117 Å². The zero-order valence-electron chi connectivity index (χ0n) is 26.9. The van der Waals surface area contributed by atoms with Gasteiger partial charge in [0.05, 0.1) is 0 Å². The molecular weight excluding hydrogens is 640 g/mol. The molecule has 10 atom stereocenters. The molecule has 2 fully saturated rings. The minimum absolute atomic E-state index is 0.590. The fraction of sp³-hybridized carbons (Fsp3) is 0.714. The van der Waals surface area contributed by atoms with Gasteiger partial charge in [0.25, 0.3) is 0 Å². The molecule has 0 aromatic rings. The molecule has 0 N–H and O–H groups in total. The van der Waals surface area contributed by atoms with E-state index in [-0.39, 0.29) is 0 Å². The van der Waals surface area contributed by atoms with Crippen molar-refractivity contribution in [3.05, 3.63) is 0 Å². The van der Waals surface area contributed by atoms with Crippen LogP contribution in [0.1, 0.15) is 55.4 Å². The second-order valence-corrected chi connectivity index (χ2v) is 10.3. The lowest BCUT2D eigenvalue weighted by Gasteiger charge is -2.48. The summed E-state index contributed by atoms with van der Waals surface area (Å²) in [7, 11) is 0. The van der Waals surface area contributed by atoms with E-state index in [2.05, 4.69) is 0 Å². The number of rotatable bonds is 12. The summed E-state index contributed by atoms with van der Waals surface area (Å²) in [5, 5.41) is 0. The number of hydrogen-bond acceptors (Lipinski definition) is 19. The maximum absolute atomic E-state index is 12.3. The molecule has 47 heavy (non-hydrogen) atoms. The Morgan fingerprint density at radius 2 is 0.702 bits per heavy atom. The summed E-state index contributed by atoms with van der Waals surface area (Å²) in [5.74, 6) is -7.02. The monoisotopic (exact) mass is 678 g/mol. The summed E-state index contributed by atoms with van der Waals surface area (Å²) in [6.45, 7) is 7.05. The van der Waals surface area contributed by atoms with E-state index < -0.39 is 122 Å². The van der Waals surface area contributed by atoms with Crippen LogP contribution in [0.2, 0.25) is 0 Å². The van der Waals surface area contributed by atoms with Gasteiger partial charge >= 0.3 is 47.8 Å². The molecule has 0 spiro atoms. The van der Waals surface area contributed by atoms with Crippen molar-refractivity contribution in [3.8, 4) is 0 Å². The third-order valence-electron chi connectivity index (χ3n) is 6.17. The highest BCUT2D eigenvalue weighted by Crippen LogP contribution is 2.35. The van der Waals surface area contributed by atoms with Crippen molar-refractivity contribution in [1.82, 2.24) is 0 Å². The van der Waals surface area contributed by atoms with Crippen LogP contribution in [0.4, 0.5) is 0 Å². The average molecular weight is 679 g/mol. The van der Waals surface area contributed by atoms with E-state index >= 15 is 0 Å². The molecule has 0 bridgehead atoms. The topological polar surface area (TPSA) is 238 Å². The Hall–Kier alpha value is -4.36. The number of carbonyl (C=O) groups excluding carboxylic acids is 8. The average Bonchev–Trinajstić information content (AvgIpc) is 2.91. The van der Waals surface area contributed by atoms with Crippen molar-refractivity contribution in [2.75, 3.05) is 13.2 Å². The van der Waals surface area contributed by atoms with Crippen molar-refractivity contribution in [3.63, 3.8) is 0 Å². The first-order valence-electron chi connectivity index (χ1n) is 14.2. The highest BCUT2D eigenvalue weighted by molar-refractivity contribution is 5.70. The largest absolute Gasteiger partial charge is 0.463 e. The Bertz CT molecular complexity index is 1200. The normalized spacial score (nSPS) is 30.0. The van der Waals surface area contributed by atoms with Crippen LogP contribution < -0.4 is 0 Å². The Labute approximate surface area is 268 Å². The van der Waals surface area contributed by atoms with Gasteiger partial charge in [-0.1, -0.05) is 0 Å². The van der Waals surface area contributed by atoms with Gasteiger partial charge in [0, 0.05) is 55.4 Å². The molecule has 0 radical (unpaired) electrons. The quantitative estimate of drug-likeness (QED) is 0.181. The summed E-state index contributed by atoms with van der Waals surface area (Å²) in [4.78, 5) is 96.3. The van der Waals surface area contributed by atoms with E-state index in [0.717, 1.165) is 55.4 Å². The molecule has 264 valence electrons. The van der Waals surface area contributed by atoms with Crippen molar-refractivity contribution in [1.29, 1.82) is 0 Å². The molecule has 19 heteroatoms. The van der Waals surface area contributed by atoms with Crippen molar-refractivity contribution < 1.29 is 90.5 Å². The molecule has 2 rings (SSSR count). The van der Waals surface area contributed by atoms with Gasteiger partial charge < -0.3 is 52.1 Å². The number of esters is 8. The fourth-order valence-corrected chi connectivity index (χ4v) is 4.73. The molecule has 2 saturated heterocycles. The molecule has 0 amide bonds. The lowest BCUT2D eigenvalue weighted by atomic mass is 9.96. The Kier molecular flexibility index (Phi) is 14.5. The van der Waals surface area contributed by atoms with Gasteiger partial charge in [-0.15, -0.1) is 0 Å². The maximum Gasteiger partial charge on any atom is 0.305 e. The Morgan fingerprint density at radius 3 is 1.11 bits per heavy atom. The van der Waals surface area contributed by atoms with Crippen LogP contribution in [-0.2, 0) is 90.5 Å². The molecular formula is C28H38O19. The summed E-state index contributed by atoms with van der Waals surface area (Å²) in [6, 6.07) is 0. The first-order valence-corrected chi connectivity index (χ1v) is 14.2. The third-order valence-corrected chi connectivity index (χ3v) is 6.17. The van der Waals surface area contributed by atoms with Crippen LogP contribution in [-0.4, -0.2) is 122 Å². The second-order valence-electron chi connectivity index (χ2n) is 10.3. The number of hydrogen-bond donors (Lipinski definition) is 0. The van der Waals surface area contributed by atoms with Crippen molar-refractivity contribution in [2.24, 2.45) is 0 Å². The van der Waals surface area contributed by atoms with Gasteiger partial charge in [0.1, 0.15) is 31.5 Å². The molecule has 0 aromatic heterocycles. The van der Waals surface area contributed by atoms with E-state index in [9.17, 15) is 38.4 Å². The number of ether oxygens (including phenoxy) is 11. The van der Waals surface area contributed by atoms with Crippen LogP contribution in [0.25, 0.3) is 0 Å². The first kappa shape index (κ1) is 38.8. The van der Waals surface area contributed by atoms with Crippen LogP contribution in [0, 0.1) is 0 Å².